The summed E-state index contributed by atoms with van der Waals surface area (Å²) in [5, 5.41) is 9.82. The Kier molecular flexibility index (Phi) is 4.14. The number of fused-ring (bicyclic) bond motifs is 1. The first-order valence-electron chi connectivity index (χ1n) is 7.63. The SMILES string of the molecule is CCc1noc(CSc2ncnc3c2cnn3-c2ccc(F)cc2)n1. The molecule has 0 radical (unpaired) electrons. The lowest BCUT2D eigenvalue weighted by atomic mass is 10.3. The molecule has 4 rings (SSSR count). The van der Waals surface area contributed by atoms with E-state index in [0.717, 1.165) is 22.5 Å². The molecule has 4 aromatic rings. The molecule has 0 bridgehead atoms. The van der Waals surface area contributed by atoms with Crippen LogP contribution in [0.3, 0.4) is 0 Å². The summed E-state index contributed by atoms with van der Waals surface area (Å²) in [5.41, 5.74) is 1.39. The standard InChI is InChI=1S/C16H13FN6OS/c1-2-13-21-14(24-22-13)8-25-16-12-7-20-23(15(12)18-9-19-16)11-5-3-10(17)4-6-11/h3-7,9H,2,8H2,1H3. The highest BCUT2D eigenvalue weighted by molar-refractivity contribution is 7.98. The summed E-state index contributed by atoms with van der Waals surface area (Å²) in [6.07, 6.45) is 3.92. The second kappa shape index (κ2) is 6.60. The Morgan fingerprint density at radius 1 is 1.20 bits per heavy atom. The van der Waals surface area contributed by atoms with Crippen LogP contribution < -0.4 is 0 Å². The largest absolute Gasteiger partial charge is 0.338 e. The minimum atomic E-state index is -0.294. The number of hydrogen-bond donors (Lipinski definition) is 0. The number of nitrogens with zero attached hydrogens (tertiary/aromatic N) is 6. The predicted molar refractivity (Wildman–Crippen MR) is 89.9 cm³/mol. The summed E-state index contributed by atoms with van der Waals surface area (Å²) in [7, 11) is 0. The molecule has 7 nitrogen and oxygen atoms in total. The Morgan fingerprint density at radius 2 is 2.04 bits per heavy atom. The van der Waals surface area contributed by atoms with Crippen LogP contribution in [0.2, 0.25) is 0 Å². The molecule has 0 amide bonds. The third-order valence-corrected chi connectivity index (χ3v) is 4.55. The Morgan fingerprint density at radius 3 is 2.80 bits per heavy atom. The van der Waals surface area contributed by atoms with Crippen molar-refractivity contribution in [3.05, 3.63) is 54.3 Å². The van der Waals surface area contributed by atoms with Gasteiger partial charge in [-0.3, -0.25) is 0 Å². The zero-order valence-corrected chi connectivity index (χ0v) is 14.1. The lowest BCUT2D eigenvalue weighted by Gasteiger charge is -2.03. The molecular formula is C16H13FN6OS. The van der Waals surface area contributed by atoms with Crippen LogP contribution in [0.1, 0.15) is 18.6 Å². The van der Waals surface area contributed by atoms with Gasteiger partial charge >= 0.3 is 0 Å². The zero-order chi connectivity index (χ0) is 17.2. The van der Waals surface area contributed by atoms with E-state index in [1.54, 1.807) is 23.0 Å². The van der Waals surface area contributed by atoms with Gasteiger partial charge in [0.15, 0.2) is 11.5 Å². The van der Waals surface area contributed by atoms with Gasteiger partial charge in [0.25, 0.3) is 0 Å². The van der Waals surface area contributed by atoms with E-state index in [1.807, 2.05) is 6.92 Å². The second-order valence-electron chi connectivity index (χ2n) is 5.20. The maximum absolute atomic E-state index is 13.1. The smallest absolute Gasteiger partial charge is 0.237 e. The fourth-order valence-corrected chi connectivity index (χ4v) is 3.13. The fraction of sp³-hybridized carbons (Fsp3) is 0.188. The van der Waals surface area contributed by atoms with Crippen molar-refractivity contribution in [2.24, 2.45) is 0 Å². The summed E-state index contributed by atoms with van der Waals surface area (Å²) in [4.78, 5) is 12.9. The van der Waals surface area contributed by atoms with Crippen LogP contribution in [0.4, 0.5) is 4.39 Å². The topological polar surface area (TPSA) is 82.5 Å². The molecule has 3 heterocycles. The molecule has 25 heavy (non-hydrogen) atoms. The van der Waals surface area contributed by atoms with E-state index < -0.39 is 0 Å². The summed E-state index contributed by atoms with van der Waals surface area (Å²) < 4.78 is 20.0. The van der Waals surface area contributed by atoms with Gasteiger partial charge in [-0.15, -0.1) is 0 Å². The van der Waals surface area contributed by atoms with Crippen LogP contribution in [0.5, 0.6) is 0 Å². The summed E-state index contributed by atoms with van der Waals surface area (Å²) in [5.74, 6) is 1.46. The molecule has 0 spiro atoms. The van der Waals surface area contributed by atoms with Crippen LogP contribution in [-0.2, 0) is 12.2 Å². The van der Waals surface area contributed by atoms with Gasteiger partial charge in [0.1, 0.15) is 17.2 Å². The monoisotopic (exact) mass is 356 g/mol. The highest BCUT2D eigenvalue weighted by Crippen LogP contribution is 2.28. The molecule has 0 aliphatic carbocycles. The van der Waals surface area contributed by atoms with Crippen molar-refractivity contribution in [2.75, 3.05) is 0 Å². The van der Waals surface area contributed by atoms with Crippen molar-refractivity contribution in [1.29, 1.82) is 0 Å². The molecule has 0 saturated carbocycles. The molecule has 0 aliphatic heterocycles. The first-order chi connectivity index (χ1) is 12.2. The molecule has 0 saturated heterocycles. The maximum atomic E-state index is 13.1. The Hall–Kier alpha value is -2.81. The number of aryl methyl sites for hydroxylation is 1. The van der Waals surface area contributed by atoms with Crippen molar-refractivity contribution < 1.29 is 8.91 Å². The molecular weight excluding hydrogens is 343 g/mol. The van der Waals surface area contributed by atoms with Crippen LogP contribution >= 0.6 is 11.8 Å². The van der Waals surface area contributed by atoms with E-state index in [0.29, 0.717) is 23.1 Å². The Labute approximate surface area is 146 Å². The molecule has 126 valence electrons. The molecule has 0 N–H and O–H groups in total. The molecule has 0 aliphatic rings. The van der Waals surface area contributed by atoms with Crippen molar-refractivity contribution >= 4 is 22.8 Å². The number of thioether (sulfide) groups is 1. The van der Waals surface area contributed by atoms with Gasteiger partial charge in [0, 0.05) is 6.42 Å². The number of aromatic nitrogens is 6. The van der Waals surface area contributed by atoms with E-state index in [4.69, 9.17) is 4.52 Å². The minimum absolute atomic E-state index is 0.294. The average Bonchev–Trinajstić information content (AvgIpc) is 3.27. The van der Waals surface area contributed by atoms with Crippen LogP contribution in [-0.4, -0.2) is 29.9 Å². The molecule has 1 aromatic carbocycles. The maximum Gasteiger partial charge on any atom is 0.237 e. The van der Waals surface area contributed by atoms with Gasteiger partial charge in [-0.1, -0.05) is 23.8 Å². The fourth-order valence-electron chi connectivity index (χ4n) is 2.33. The Balaban J connectivity index is 1.63. The van der Waals surface area contributed by atoms with E-state index in [9.17, 15) is 4.39 Å². The molecule has 0 fully saturated rings. The summed E-state index contributed by atoms with van der Waals surface area (Å²) in [6, 6.07) is 6.09. The van der Waals surface area contributed by atoms with E-state index in [-0.39, 0.29) is 5.82 Å². The van der Waals surface area contributed by atoms with Gasteiger partial charge < -0.3 is 4.52 Å². The third-order valence-electron chi connectivity index (χ3n) is 3.56. The van der Waals surface area contributed by atoms with Crippen molar-refractivity contribution in [1.82, 2.24) is 29.9 Å². The number of hydrogen-bond acceptors (Lipinski definition) is 7. The molecule has 3 aromatic heterocycles. The molecule has 0 unspecified atom stereocenters. The lowest BCUT2D eigenvalue weighted by Crippen LogP contribution is -1.98. The van der Waals surface area contributed by atoms with E-state index >= 15 is 0 Å². The first-order valence-corrected chi connectivity index (χ1v) is 8.62. The van der Waals surface area contributed by atoms with Gasteiger partial charge in [-0.05, 0) is 24.3 Å². The van der Waals surface area contributed by atoms with Crippen molar-refractivity contribution in [3.8, 4) is 5.69 Å². The predicted octanol–water partition coefficient (Wildman–Crippen LogP) is 3.19. The summed E-state index contributed by atoms with van der Waals surface area (Å²) >= 11 is 1.48. The lowest BCUT2D eigenvalue weighted by molar-refractivity contribution is 0.385. The van der Waals surface area contributed by atoms with Crippen LogP contribution in [0.25, 0.3) is 16.7 Å². The highest BCUT2D eigenvalue weighted by atomic mass is 32.2. The third kappa shape index (κ3) is 3.10. The highest BCUT2D eigenvalue weighted by Gasteiger charge is 2.13. The number of benzene rings is 1. The second-order valence-corrected chi connectivity index (χ2v) is 6.16. The minimum Gasteiger partial charge on any atom is -0.338 e. The average molecular weight is 356 g/mol. The van der Waals surface area contributed by atoms with Gasteiger partial charge in [0.2, 0.25) is 5.89 Å². The summed E-state index contributed by atoms with van der Waals surface area (Å²) in [6.45, 7) is 1.97. The first kappa shape index (κ1) is 15.7. The van der Waals surface area contributed by atoms with Crippen molar-refractivity contribution in [2.45, 2.75) is 24.1 Å². The van der Waals surface area contributed by atoms with Crippen LogP contribution in [0, 0.1) is 5.82 Å². The Bertz CT molecular complexity index is 1010. The van der Waals surface area contributed by atoms with E-state index in [1.165, 1.54) is 30.2 Å². The number of halogens is 1. The molecule has 0 atom stereocenters. The quantitative estimate of drug-likeness (QED) is 0.401. The number of rotatable bonds is 5. The van der Waals surface area contributed by atoms with Crippen molar-refractivity contribution in [3.63, 3.8) is 0 Å². The normalized spacial score (nSPS) is 11.3. The van der Waals surface area contributed by atoms with E-state index in [2.05, 4.69) is 25.2 Å². The van der Waals surface area contributed by atoms with Crippen LogP contribution in [0.15, 0.2) is 46.3 Å². The van der Waals surface area contributed by atoms with Gasteiger partial charge in [0.05, 0.1) is 23.0 Å². The van der Waals surface area contributed by atoms with Gasteiger partial charge in [-0.2, -0.15) is 10.1 Å². The van der Waals surface area contributed by atoms with Gasteiger partial charge in [-0.25, -0.2) is 19.0 Å². The zero-order valence-electron chi connectivity index (χ0n) is 13.3. The molecule has 9 heteroatoms.